The van der Waals surface area contributed by atoms with Crippen LogP contribution in [0.1, 0.15) is 19.8 Å². The van der Waals surface area contributed by atoms with E-state index in [9.17, 15) is 18.3 Å². The molecule has 0 amide bonds. The zero-order chi connectivity index (χ0) is 15.6. The number of hydrogen-bond donors (Lipinski definition) is 1. The third kappa shape index (κ3) is 3.41. The predicted molar refractivity (Wildman–Crippen MR) is 83.5 cm³/mol. The van der Waals surface area contributed by atoms with Gasteiger partial charge in [-0.1, -0.05) is 13.3 Å². The molecule has 2 rings (SSSR count). The molecule has 0 radical (unpaired) electrons. The Bertz CT molecular complexity index is 638. The van der Waals surface area contributed by atoms with Gasteiger partial charge in [0.05, 0.1) is 5.37 Å². The minimum atomic E-state index is -3.89. The Morgan fingerprint density at radius 2 is 2.29 bits per heavy atom. The van der Waals surface area contributed by atoms with Crippen LogP contribution < -0.4 is 0 Å². The van der Waals surface area contributed by atoms with Crippen molar-refractivity contribution in [3.63, 3.8) is 0 Å². The second-order valence-electron chi connectivity index (χ2n) is 4.60. The molecular weight excluding hydrogens is 380 g/mol. The minimum Gasteiger partial charge on any atom is -0.480 e. The highest BCUT2D eigenvalue weighted by atomic mass is 79.9. The van der Waals surface area contributed by atoms with Gasteiger partial charge in [0, 0.05) is 22.6 Å². The van der Waals surface area contributed by atoms with Crippen molar-refractivity contribution in [2.75, 3.05) is 5.75 Å². The molecule has 6 nitrogen and oxygen atoms in total. The Labute approximate surface area is 136 Å². The molecule has 1 aliphatic heterocycles. The quantitative estimate of drug-likeness (QED) is 0.822. The molecule has 0 saturated carbocycles. The highest BCUT2D eigenvalue weighted by Gasteiger charge is 2.46. The Kier molecular flexibility index (Phi) is 5.29. The summed E-state index contributed by atoms with van der Waals surface area (Å²) >= 11 is 4.56. The number of pyridine rings is 1. The van der Waals surface area contributed by atoms with Gasteiger partial charge in [-0.05, 0) is 28.4 Å². The Balaban J connectivity index is 2.45. The van der Waals surface area contributed by atoms with E-state index in [1.165, 1.54) is 30.2 Å². The molecule has 0 aliphatic carbocycles. The van der Waals surface area contributed by atoms with E-state index >= 15 is 0 Å². The highest BCUT2D eigenvalue weighted by Crippen LogP contribution is 2.37. The monoisotopic (exact) mass is 394 g/mol. The molecule has 1 N–H and O–H groups in total. The molecule has 0 spiro atoms. The van der Waals surface area contributed by atoms with E-state index in [1.807, 2.05) is 6.92 Å². The summed E-state index contributed by atoms with van der Waals surface area (Å²) in [7, 11) is -3.89. The average molecular weight is 395 g/mol. The van der Waals surface area contributed by atoms with Gasteiger partial charge in [0.2, 0.25) is 10.0 Å². The molecule has 9 heteroatoms. The van der Waals surface area contributed by atoms with Crippen LogP contribution in [-0.4, -0.2) is 46.0 Å². The van der Waals surface area contributed by atoms with E-state index in [-0.39, 0.29) is 16.0 Å². The van der Waals surface area contributed by atoms with Crippen LogP contribution in [0.15, 0.2) is 27.8 Å². The van der Waals surface area contributed by atoms with Crippen LogP contribution in [0.4, 0.5) is 0 Å². The molecule has 0 aromatic carbocycles. The summed E-state index contributed by atoms with van der Waals surface area (Å²) in [5.41, 5.74) is 0. The number of rotatable bonds is 5. The van der Waals surface area contributed by atoms with Crippen LogP contribution in [0.2, 0.25) is 0 Å². The Morgan fingerprint density at radius 1 is 1.57 bits per heavy atom. The van der Waals surface area contributed by atoms with Crippen LogP contribution in [0.25, 0.3) is 0 Å². The Hall–Kier alpha value is -0.640. The largest absolute Gasteiger partial charge is 0.480 e. The van der Waals surface area contributed by atoms with Gasteiger partial charge in [-0.15, -0.1) is 11.8 Å². The van der Waals surface area contributed by atoms with Crippen LogP contribution in [0.5, 0.6) is 0 Å². The SMILES string of the molecule is CCCC1SCC(C(=O)O)N1S(=O)(=O)c1cncc(Br)c1. The summed E-state index contributed by atoms with van der Waals surface area (Å²) in [6.07, 6.45) is 4.13. The molecule has 1 fully saturated rings. The second-order valence-corrected chi connectivity index (χ2v) is 8.57. The lowest BCUT2D eigenvalue weighted by Crippen LogP contribution is -2.45. The lowest BCUT2D eigenvalue weighted by Gasteiger charge is -2.26. The first-order valence-electron chi connectivity index (χ1n) is 6.36. The van der Waals surface area contributed by atoms with E-state index in [2.05, 4.69) is 20.9 Å². The summed E-state index contributed by atoms with van der Waals surface area (Å²) in [6, 6.07) is 0.406. The van der Waals surface area contributed by atoms with Gasteiger partial charge < -0.3 is 5.11 Å². The van der Waals surface area contributed by atoms with Crippen molar-refractivity contribution in [3.8, 4) is 0 Å². The van der Waals surface area contributed by atoms with E-state index < -0.39 is 22.0 Å². The Morgan fingerprint density at radius 3 is 2.86 bits per heavy atom. The third-order valence-corrected chi connectivity index (χ3v) is 6.92. The molecule has 1 aliphatic rings. The van der Waals surface area contributed by atoms with Crippen molar-refractivity contribution in [2.24, 2.45) is 0 Å². The van der Waals surface area contributed by atoms with Crippen LogP contribution in [-0.2, 0) is 14.8 Å². The summed E-state index contributed by atoms with van der Waals surface area (Å²) in [4.78, 5) is 15.2. The molecule has 21 heavy (non-hydrogen) atoms. The molecular formula is C12H15BrN2O4S2. The maximum Gasteiger partial charge on any atom is 0.322 e. The van der Waals surface area contributed by atoms with Crippen molar-refractivity contribution < 1.29 is 18.3 Å². The summed E-state index contributed by atoms with van der Waals surface area (Å²) in [5, 5.41) is 8.94. The van der Waals surface area contributed by atoms with E-state index in [1.54, 1.807) is 0 Å². The van der Waals surface area contributed by atoms with Crippen molar-refractivity contribution in [2.45, 2.75) is 36.1 Å². The maximum absolute atomic E-state index is 12.8. The first-order valence-corrected chi connectivity index (χ1v) is 9.64. The number of thioether (sulfide) groups is 1. The van der Waals surface area contributed by atoms with Crippen molar-refractivity contribution >= 4 is 43.7 Å². The lowest BCUT2D eigenvalue weighted by molar-refractivity contribution is -0.140. The van der Waals surface area contributed by atoms with Crippen LogP contribution in [0, 0.1) is 0 Å². The van der Waals surface area contributed by atoms with Gasteiger partial charge >= 0.3 is 5.97 Å². The van der Waals surface area contributed by atoms with Gasteiger partial charge in [0.1, 0.15) is 10.9 Å². The number of carbonyl (C=O) groups is 1. The third-order valence-electron chi connectivity index (χ3n) is 3.11. The fraction of sp³-hybridized carbons (Fsp3) is 0.500. The molecule has 2 atom stereocenters. The molecule has 0 bridgehead atoms. The van der Waals surface area contributed by atoms with Crippen LogP contribution >= 0.6 is 27.7 Å². The van der Waals surface area contributed by atoms with Crippen molar-refractivity contribution in [1.29, 1.82) is 0 Å². The molecule has 1 aromatic heterocycles. The standard InChI is InChI=1S/C12H15BrN2O4S2/c1-2-3-11-15(10(7-20-11)12(16)17)21(18,19)9-4-8(13)5-14-6-9/h4-6,10-11H,2-3,7H2,1H3,(H,16,17). The van der Waals surface area contributed by atoms with Gasteiger partial charge in [-0.25, -0.2) is 8.42 Å². The number of sulfonamides is 1. The first kappa shape index (κ1) is 16.7. The van der Waals surface area contributed by atoms with Gasteiger partial charge in [0.15, 0.2) is 0 Å². The van der Waals surface area contributed by atoms with Gasteiger partial charge in [-0.3, -0.25) is 9.78 Å². The topological polar surface area (TPSA) is 87.6 Å². The van der Waals surface area contributed by atoms with Gasteiger partial charge in [-0.2, -0.15) is 4.31 Å². The second kappa shape index (κ2) is 6.64. The average Bonchev–Trinajstić information content (AvgIpc) is 2.84. The smallest absolute Gasteiger partial charge is 0.322 e. The number of carboxylic acid groups (broad SMARTS) is 1. The molecule has 116 valence electrons. The van der Waals surface area contributed by atoms with Crippen molar-refractivity contribution in [3.05, 3.63) is 22.9 Å². The summed E-state index contributed by atoms with van der Waals surface area (Å²) in [5.74, 6) is -0.853. The number of hydrogen-bond acceptors (Lipinski definition) is 5. The molecule has 1 aromatic rings. The number of aliphatic carboxylic acids is 1. The zero-order valence-electron chi connectivity index (χ0n) is 11.3. The minimum absolute atomic E-state index is 0.00623. The number of nitrogens with zero attached hydrogens (tertiary/aromatic N) is 2. The zero-order valence-corrected chi connectivity index (χ0v) is 14.5. The van der Waals surface area contributed by atoms with Crippen LogP contribution in [0.3, 0.4) is 0 Å². The maximum atomic E-state index is 12.8. The van der Waals surface area contributed by atoms with E-state index in [0.717, 1.165) is 10.7 Å². The fourth-order valence-corrected chi connectivity index (χ4v) is 6.33. The summed E-state index contributed by atoms with van der Waals surface area (Å²) in [6.45, 7) is 1.94. The fourth-order valence-electron chi connectivity index (χ4n) is 2.16. The number of halogens is 1. The lowest BCUT2D eigenvalue weighted by atomic mass is 10.3. The van der Waals surface area contributed by atoms with Gasteiger partial charge in [0.25, 0.3) is 0 Å². The number of carboxylic acids is 1. The number of aromatic nitrogens is 1. The molecule has 2 heterocycles. The predicted octanol–water partition coefficient (Wildman–Crippen LogP) is 2.16. The van der Waals surface area contributed by atoms with Crippen molar-refractivity contribution in [1.82, 2.24) is 9.29 Å². The molecule has 1 saturated heterocycles. The highest BCUT2D eigenvalue weighted by molar-refractivity contribution is 9.10. The van der Waals surface area contributed by atoms with E-state index in [4.69, 9.17) is 0 Å². The van der Waals surface area contributed by atoms with E-state index in [0.29, 0.717) is 10.9 Å². The summed E-state index contributed by atoms with van der Waals surface area (Å²) < 4.78 is 27.2. The molecule has 2 unspecified atom stereocenters. The normalized spacial score (nSPS) is 23.3. The first-order chi connectivity index (χ1) is 9.87.